The number of nitrogens with one attached hydrogen (secondary N) is 1. The van der Waals surface area contributed by atoms with Gasteiger partial charge in [-0.25, -0.2) is 4.79 Å². The summed E-state index contributed by atoms with van der Waals surface area (Å²) < 4.78 is 8.45. The summed E-state index contributed by atoms with van der Waals surface area (Å²) in [6, 6.07) is 6.54. The second kappa shape index (κ2) is 7.90. The molecule has 130 valence electrons. The van der Waals surface area contributed by atoms with Gasteiger partial charge in [-0.3, -0.25) is 0 Å². The van der Waals surface area contributed by atoms with Gasteiger partial charge in [-0.1, -0.05) is 12.5 Å². The van der Waals surface area contributed by atoms with Crippen LogP contribution >= 0.6 is 11.7 Å². The molecule has 1 aliphatic rings. The fraction of sp³-hybridized carbons (Fsp3) is 0.588. The largest absolute Gasteiger partial charge is 0.338 e. The third-order valence-corrected chi connectivity index (χ3v) is 5.32. The first-order chi connectivity index (χ1) is 11.6. The topological polar surface area (TPSA) is 61.4 Å². The number of nitrogens with zero attached hydrogens (tertiary/aromatic N) is 4. The Morgan fingerprint density at radius 2 is 2.21 bits per heavy atom. The van der Waals surface area contributed by atoms with Gasteiger partial charge in [0.1, 0.15) is 11.0 Å². The number of fused-ring (bicyclic) bond motifs is 1. The third-order valence-electron chi connectivity index (χ3n) is 4.76. The fourth-order valence-electron chi connectivity index (χ4n) is 3.26. The number of hydrogen-bond donors (Lipinski definition) is 1. The van der Waals surface area contributed by atoms with Crippen molar-refractivity contribution >= 4 is 28.8 Å². The Hall–Kier alpha value is -1.73. The van der Waals surface area contributed by atoms with Gasteiger partial charge in [-0.05, 0) is 50.6 Å². The predicted octanol–water partition coefficient (Wildman–Crippen LogP) is 2.71. The lowest BCUT2D eigenvalue weighted by atomic mass is 10.0. The molecule has 0 bridgehead atoms. The summed E-state index contributed by atoms with van der Waals surface area (Å²) >= 11 is 1.21. The summed E-state index contributed by atoms with van der Waals surface area (Å²) in [5.74, 6) is 0. The summed E-state index contributed by atoms with van der Waals surface area (Å²) in [7, 11) is 4.01. The van der Waals surface area contributed by atoms with Gasteiger partial charge in [0.2, 0.25) is 0 Å². The second-order valence-corrected chi connectivity index (χ2v) is 7.12. The summed E-state index contributed by atoms with van der Waals surface area (Å²) in [6.07, 6.45) is 4.86. The number of aromatic nitrogens is 2. The lowest BCUT2D eigenvalue weighted by Crippen LogP contribution is -2.41. The van der Waals surface area contributed by atoms with Crippen LogP contribution in [0.4, 0.5) is 4.79 Å². The number of urea groups is 1. The minimum Gasteiger partial charge on any atom is -0.338 e. The van der Waals surface area contributed by atoms with E-state index in [1.54, 1.807) is 4.90 Å². The molecule has 1 N–H and O–H groups in total. The average Bonchev–Trinajstić information content (AvgIpc) is 3.04. The van der Waals surface area contributed by atoms with Crippen molar-refractivity contribution in [1.82, 2.24) is 23.9 Å². The molecule has 6 nitrogen and oxygen atoms in total. The van der Waals surface area contributed by atoms with Crippen molar-refractivity contribution < 1.29 is 4.79 Å². The van der Waals surface area contributed by atoms with Crippen molar-refractivity contribution in [3.05, 3.63) is 23.8 Å². The molecule has 7 heteroatoms. The SMILES string of the molecule is CN(Cc1ccc2nsnc2c1)C(=O)NCC[C@@H]1CCCCN1C. The van der Waals surface area contributed by atoms with E-state index in [9.17, 15) is 4.79 Å². The van der Waals surface area contributed by atoms with Crippen LogP contribution in [0.1, 0.15) is 31.2 Å². The molecule has 1 atom stereocenters. The Balaban J connectivity index is 1.45. The molecule has 1 aromatic heterocycles. The Kier molecular flexibility index (Phi) is 5.63. The molecule has 3 rings (SSSR count). The van der Waals surface area contributed by atoms with E-state index in [0.29, 0.717) is 12.6 Å². The smallest absolute Gasteiger partial charge is 0.317 e. The van der Waals surface area contributed by atoms with Gasteiger partial charge in [0, 0.05) is 26.2 Å². The first kappa shape index (κ1) is 17.1. The van der Waals surface area contributed by atoms with Gasteiger partial charge >= 0.3 is 6.03 Å². The maximum Gasteiger partial charge on any atom is 0.317 e. The van der Waals surface area contributed by atoms with Crippen LogP contribution in [0.2, 0.25) is 0 Å². The lowest BCUT2D eigenvalue weighted by molar-refractivity contribution is 0.172. The summed E-state index contributed by atoms with van der Waals surface area (Å²) in [6.45, 7) is 2.47. The third kappa shape index (κ3) is 4.21. The molecule has 1 aromatic carbocycles. The van der Waals surface area contributed by atoms with Crippen molar-refractivity contribution in [2.45, 2.75) is 38.3 Å². The molecule has 24 heavy (non-hydrogen) atoms. The maximum atomic E-state index is 12.3. The number of hydrogen-bond acceptors (Lipinski definition) is 5. The van der Waals surface area contributed by atoms with Crippen molar-refractivity contribution in [2.75, 3.05) is 27.2 Å². The Labute approximate surface area is 147 Å². The lowest BCUT2D eigenvalue weighted by Gasteiger charge is -2.32. The molecule has 0 unspecified atom stereocenters. The number of rotatable bonds is 5. The maximum absolute atomic E-state index is 12.3. The zero-order valence-electron chi connectivity index (χ0n) is 14.4. The van der Waals surface area contributed by atoms with E-state index in [0.717, 1.165) is 29.6 Å². The second-order valence-electron chi connectivity index (χ2n) is 6.59. The standard InChI is InChI=1S/C17H25N5OS/c1-21-10-4-3-5-14(21)8-9-18-17(23)22(2)12-13-6-7-15-16(11-13)20-24-19-15/h6-7,11,14H,3-5,8-10,12H2,1-2H3,(H,18,23)/t14-/m0/s1. The Bertz CT molecular complexity index is 688. The Morgan fingerprint density at radius 3 is 3.04 bits per heavy atom. The number of carbonyl (C=O) groups is 1. The van der Waals surface area contributed by atoms with Crippen LogP contribution in [-0.2, 0) is 6.54 Å². The van der Waals surface area contributed by atoms with Crippen LogP contribution < -0.4 is 5.32 Å². The Morgan fingerprint density at radius 1 is 1.38 bits per heavy atom. The molecule has 0 radical (unpaired) electrons. The minimum atomic E-state index is -0.0232. The molecule has 2 amide bonds. The molecule has 1 aliphatic heterocycles. The van der Waals surface area contributed by atoms with E-state index in [4.69, 9.17) is 0 Å². The van der Waals surface area contributed by atoms with Crippen LogP contribution in [0.3, 0.4) is 0 Å². The number of likely N-dealkylation sites (tertiary alicyclic amines) is 1. The molecule has 0 saturated carbocycles. The van der Waals surface area contributed by atoms with Crippen molar-refractivity contribution in [2.24, 2.45) is 0 Å². The van der Waals surface area contributed by atoms with E-state index < -0.39 is 0 Å². The fourth-order valence-corrected chi connectivity index (χ4v) is 3.78. The summed E-state index contributed by atoms with van der Waals surface area (Å²) in [5, 5.41) is 3.04. The normalized spacial score (nSPS) is 18.7. The average molecular weight is 347 g/mol. The van der Waals surface area contributed by atoms with Gasteiger partial charge in [0.25, 0.3) is 0 Å². The molecule has 2 heterocycles. The van der Waals surface area contributed by atoms with Crippen molar-refractivity contribution in [1.29, 1.82) is 0 Å². The summed E-state index contributed by atoms with van der Waals surface area (Å²) in [5.41, 5.74) is 2.87. The van der Waals surface area contributed by atoms with Gasteiger partial charge < -0.3 is 15.1 Å². The van der Waals surface area contributed by atoms with E-state index in [2.05, 4.69) is 26.0 Å². The van der Waals surface area contributed by atoms with Crippen LogP contribution in [0.25, 0.3) is 11.0 Å². The monoisotopic (exact) mass is 347 g/mol. The van der Waals surface area contributed by atoms with Gasteiger partial charge in [-0.15, -0.1) is 0 Å². The molecular weight excluding hydrogens is 322 g/mol. The molecule has 0 aliphatic carbocycles. The predicted molar refractivity (Wildman–Crippen MR) is 97.2 cm³/mol. The summed E-state index contributed by atoms with van der Waals surface area (Å²) in [4.78, 5) is 16.4. The quantitative estimate of drug-likeness (QED) is 0.903. The van der Waals surface area contributed by atoms with Crippen LogP contribution in [0.5, 0.6) is 0 Å². The van der Waals surface area contributed by atoms with E-state index in [-0.39, 0.29) is 6.03 Å². The number of amides is 2. The highest BCUT2D eigenvalue weighted by Gasteiger charge is 2.19. The number of piperidine rings is 1. The number of benzene rings is 1. The highest BCUT2D eigenvalue weighted by Crippen LogP contribution is 2.17. The van der Waals surface area contributed by atoms with Gasteiger partial charge in [0.05, 0.1) is 11.7 Å². The van der Waals surface area contributed by atoms with Crippen LogP contribution in [-0.4, -0.2) is 57.8 Å². The molecule has 2 aromatic rings. The zero-order chi connectivity index (χ0) is 16.9. The van der Waals surface area contributed by atoms with Crippen molar-refractivity contribution in [3.8, 4) is 0 Å². The highest BCUT2D eigenvalue weighted by molar-refractivity contribution is 7.00. The molecule has 1 saturated heterocycles. The molecule has 0 spiro atoms. The minimum absolute atomic E-state index is 0.0232. The highest BCUT2D eigenvalue weighted by atomic mass is 32.1. The van der Waals surface area contributed by atoms with E-state index in [1.807, 2.05) is 25.2 Å². The number of carbonyl (C=O) groups excluding carboxylic acids is 1. The van der Waals surface area contributed by atoms with Crippen LogP contribution in [0.15, 0.2) is 18.2 Å². The van der Waals surface area contributed by atoms with E-state index in [1.165, 1.54) is 37.5 Å². The van der Waals surface area contributed by atoms with Crippen LogP contribution in [0, 0.1) is 0 Å². The van der Waals surface area contributed by atoms with Crippen molar-refractivity contribution in [3.63, 3.8) is 0 Å². The van der Waals surface area contributed by atoms with Gasteiger partial charge in [-0.2, -0.15) is 8.75 Å². The zero-order valence-corrected chi connectivity index (χ0v) is 15.2. The molecule has 1 fully saturated rings. The first-order valence-electron chi connectivity index (χ1n) is 8.54. The first-order valence-corrected chi connectivity index (χ1v) is 9.27. The molecular formula is C17H25N5OS. The van der Waals surface area contributed by atoms with Gasteiger partial charge in [0.15, 0.2) is 0 Å². The van der Waals surface area contributed by atoms with E-state index >= 15 is 0 Å².